The number of nitrogens with two attached hydrogens (primary N) is 1. The monoisotopic (exact) mass is 226 g/mol. The highest BCUT2D eigenvalue weighted by molar-refractivity contribution is 7.99. The van der Waals surface area contributed by atoms with Crippen molar-refractivity contribution in [1.82, 2.24) is 0 Å². The smallest absolute Gasteiger partial charge is 0.269 e. The van der Waals surface area contributed by atoms with E-state index in [9.17, 15) is 14.9 Å². The lowest BCUT2D eigenvalue weighted by molar-refractivity contribution is -0.384. The fourth-order valence-corrected chi connectivity index (χ4v) is 1.71. The number of carbonyl (C=O) groups is 1. The summed E-state index contributed by atoms with van der Waals surface area (Å²) in [5.41, 5.74) is 5.98. The number of hydrogen-bond donors (Lipinski definition) is 1. The van der Waals surface area contributed by atoms with Crippen molar-refractivity contribution in [2.75, 3.05) is 5.75 Å². The topological polar surface area (TPSA) is 86.2 Å². The van der Waals surface area contributed by atoms with Crippen molar-refractivity contribution in [2.24, 2.45) is 5.73 Å². The first-order valence-electron chi connectivity index (χ1n) is 4.19. The molecule has 0 aliphatic rings. The van der Waals surface area contributed by atoms with Crippen LogP contribution in [-0.2, 0) is 10.5 Å². The molecule has 0 fully saturated rings. The fraction of sp³-hybridized carbons (Fsp3) is 0.222. The maximum atomic E-state index is 10.4. The van der Waals surface area contributed by atoms with Crippen LogP contribution < -0.4 is 5.73 Å². The van der Waals surface area contributed by atoms with Crippen LogP contribution in [0.1, 0.15) is 5.56 Å². The van der Waals surface area contributed by atoms with E-state index in [4.69, 9.17) is 5.73 Å². The van der Waals surface area contributed by atoms with Crippen molar-refractivity contribution in [1.29, 1.82) is 0 Å². The number of amides is 1. The van der Waals surface area contributed by atoms with Crippen LogP contribution in [0.2, 0.25) is 0 Å². The maximum absolute atomic E-state index is 10.4. The molecule has 5 nitrogen and oxygen atoms in total. The van der Waals surface area contributed by atoms with Crippen LogP contribution in [0.5, 0.6) is 0 Å². The molecule has 1 amide bonds. The lowest BCUT2D eigenvalue weighted by atomic mass is 10.2. The zero-order chi connectivity index (χ0) is 11.3. The van der Waals surface area contributed by atoms with Gasteiger partial charge in [-0.1, -0.05) is 12.1 Å². The normalized spacial score (nSPS) is 9.87. The molecule has 0 aliphatic carbocycles. The zero-order valence-electron chi connectivity index (χ0n) is 7.88. The summed E-state index contributed by atoms with van der Waals surface area (Å²) in [4.78, 5) is 20.4. The van der Waals surface area contributed by atoms with E-state index < -0.39 is 4.92 Å². The molecule has 0 atom stereocenters. The third kappa shape index (κ3) is 3.99. The van der Waals surface area contributed by atoms with Crippen LogP contribution in [0.4, 0.5) is 5.69 Å². The summed E-state index contributed by atoms with van der Waals surface area (Å²) < 4.78 is 0. The van der Waals surface area contributed by atoms with E-state index in [1.165, 1.54) is 23.9 Å². The molecule has 0 heterocycles. The van der Waals surface area contributed by atoms with Crippen LogP contribution in [-0.4, -0.2) is 16.6 Å². The number of nitro benzene ring substituents is 1. The van der Waals surface area contributed by atoms with Gasteiger partial charge in [-0.25, -0.2) is 0 Å². The molecule has 0 bridgehead atoms. The van der Waals surface area contributed by atoms with Crippen molar-refractivity contribution >= 4 is 23.4 Å². The number of nitro groups is 1. The van der Waals surface area contributed by atoms with E-state index in [0.717, 1.165) is 5.56 Å². The summed E-state index contributed by atoms with van der Waals surface area (Å²) in [5, 5.41) is 10.4. The number of primary amides is 1. The molecule has 1 aromatic rings. The van der Waals surface area contributed by atoms with Crippen molar-refractivity contribution in [3.63, 3.8) is 0 Å². The number of hydrogen-bond acceptors (Lipinski definition) is 4. The third-order valence-electron chi connectivity index (χ3n) is 1.66. The molecule has 6 heteroatoms. The molecule has 0 aliphatic heterocycles. The summed E-state index contributed by atoms with van der Waals surface area (Å²) in [7, 11) is 0. The van der Waals surface area contributed by atoms with Gasteiger partial charge in [-0.2, -0.15) is 0 Å². The molecule has 15 heavy (non-hydrogen) atoms. The van der Waals surface area contributed by atoms with Crippen LogP contribution >= 0.6 is 11.8 Å². The SMILES string of the molecule is NC(=O)CSCc1ccc([N+](=O)[O-])cc1. The summed E-state index contributed by atoms with van der Waals surface area (Å²) in [6, 6.07) is 6.23. The van der Waals surface area contributed by atoms with Gasteiger partial charge in [0.25, 0.3) is 5.69 Å². The number of nitrogens with zero attached hydrogens (tertiary/aromatic N) is 1. The van der Waals surface area contributed by atoms with Gasteiger partial charge in [-0.15, -0.1) is 11.8 Å². The van der Waals surface area contributed by atoms with Gasteiger partial charge in [0.05, 0.1) is 10.7 Å². The summed E-state index contributed by atoms with van der Waals surface area (Å²) in [6.45, 7) is 0. The predicted molar refractivity (Wildman–Crippen MR) is 58.5 cm³/mol. The average Bonchev–Trinajstić information content (AvgIpc) is 2.18. The zero-order valence-corrected chi connectivity index (χ0v) is 8.70. The van der Waals surface area contributed by atoms with Gasteiger partial charge in [-0.05, 0) is 5.56 Å². The Labute approximate surface area is 90.8 Å². The molecular weight excluding hydrogens is 216 g/mol. The standard InChI is InChI=1S/C9H10N2O3S/c10-9(12)6-15-5-7-1-3-8(4-2-7)11(13)14/h1-4H,5-6H2,(H2,10,12). The summed E-state index contributed by atoms with van der Waals surface area (Å²) in [5.74, 6) is 0.527. The van der Waals surface area contributed by atoms with Crippen molar-refractivity contribution in [3.05, 3.63) is 39.9 Å². The van der Waals surface area contributed by atoms with Crippen LogP contribution in [0.25, 0.3) is 0 Å². The Bertz CT molecular complexity index is 364. The van der Waals surface area contributed by atoms with Gasteiger partial charge >= 0.3 is 0 Å². The first-order valence-corrected chi connectivity index (χ1v) is 5.34. The van der Waals surface area contributed by atoms with Crippen molar-refractivity contribution in [2.45, 2.75) is 5.75 Å². The Morgan fingerprint density at radius 3 is 2.47 bits per heavy atom. The molecule has 0 saturated carbocycles. The number of benzene rings is 1. The average molecular weight is 226 g/mol. The Kier molecular flexibility index (Phi) is 4.11. The van der Waals surface area contributed by atoms with E-state index >= 15 is 0 Å². The first-order chi connectivity index (χ1) is 7.09. The minimum atomic E-state index is -0.444. The molecule has 0 radical (unpaired) electrons. The predicted octanol–water partition coefficient (Wildman–Crippen LogP) is 1.31. The maximum Gasteiger partial charge on any atom is 0.269 e. The number of non-ortho nitro benzene ring substituents is 1. The minimum Gasteiger partial charge on any atom is -0.369 e. The summed E-state index contributed by atoms with van der Waals surface area (Å²) >= 11 is 1.38. The highest BCUT2D eigenvalue weighted by Crippen LogP contribution is 2.16. The van der Waals surface area contributed by atoms with E-state index in [0.29, 0.717) is 5.75 Å². The van der Waals surface area contributed by atoms with Crippen LogP contribution in [0.3, 0.4) is 0 Å². The molecule has 0 aromatic heterocycles. The highest BCUT2D eigenvalue weighted by Gasteiger charge is 2.04. The molecule has 0 spiro atoms. The Morgan fingerprint density at radius 1 is 1.40 bits per heavy atom. The lowest BCUT2D eigenvalue weighted by Gasteiger charge is -1.99. The minimum absolute atomic E-state index is 0.0682. The van der Waals surface area contributed by atoms with Gasteiger partial charge < -0.3 is 5.73 Å². The fourth-order valence-electron chi connectivity index (χ4n) is 0.983. The first kappa shape index (κ1) is 11.5. The second kappa shape index (κ2) is 5.35. The van der Waals surface area contributed by atoms with E-state index in [2.05, 4.69) is 0 Å². The third-order valence-corrected chi connectivity index (χ3v) is 2.69. The molecule has 0 unspecified atom stereocenters. The second-order valence-corrected chi connectivity index (χ2v) is 3.87. The Balaban J connectivity index is 2.50. The van der Waals surface area contributed by atoms with Crippen LogP contribution in [0, 0.1) is 10.1 Å². The highest BCUT2D eigenvalue weighted by atomic mass is 32.2. The lowest BCUT2D eigenvalue weighted by Crippen LogP contribution is -2.13. The van der Waals surface area contributed by atoms with Gasteiger partial charge in [0.1, 0.15) is 0 Å². The van der Waals surface area contributed by atoms with Gasteiger partial charge in [-0.3, -0.25) is 14.9 Å². The van der Waals surface area contributed by atoms with E-state index in [1.807, 2.05) is 0 Å². The van der Waals surface area contributed by atoms with Gasteiger partial charge in [0.15, 0.2) is 0 Å². The number of thioether (sulfide) groups is 1. The summed E-state index contributed by atoms with van der Waals surface area (Å²) in [6.07, 6.45) is 0. The van der Waals surface area contributed by atoms with Gasteiger partial charge in [0, 0.05) is 17.9 Å². The Hall–Kier alpha value is -1.56. The molecular formula is C9H10N2O3S. The molecule has 2 N–H and O–H groups in total. The van der Waals surface area contributed by atoms with E-state index in [1.54, 1.807) is 12.1 Å². The van der Waals surface area contributed by atoms with Crippen molar-refractivity contribution < 1.29 is 9.72 Å². The number of rotatable bonds is 5. The molecule has 80 valence electrons. The van der Waals surface area contributed by atoms with Crippen LogP contribution in [0.15, 0.2) is 24.3 Å². The quantitative estimate of drug-likeness (QED) is 0.605. The number of carbonyl (C=O) groups excluding carboxylic acids is 1. The second-order valence-electron chi connectivity index (χ2n) is 2.88. The molecule has 1 aromatic carbocycles. The van der Waals surface area contributed by atoms with E-state index in [-0.39, 0.29) is 17.3 Å². The molecule has 0 saturated heterocycles. The Morgan fingerprint density at radius 2 is 2.00 bits per heavy atom. The molecule has 1 rings (SSSR count). The largest absolute Gasteiger partial charge is 0.369 e. The van der Waals surface area contributed by atoms with Crippen molar-refractivity contribution in [3.8, 4) is 0 Å². The van der Waals surface area contributed by atoms with Gasteiger partial charge in [0.2, 0.25) is 5.91 Å².